The highest BCUT2D eigenvalue weighted by Gasteiger charge is 2.44. The third-order valence-corrected chi connectivity index (χ3v) is 7.92. The molecule has 6 nitrogen and oxygen atoms in total. The minimum Gasteiger partial charge on any atom is -0.493 e. The van der Waals surface area contributed by atoms with Crippen LogP contribution in [0.4, 0.5) is 5.69 Å². The smallest absolute Gasteiger partial charge is 0.337 e. The van der Waals surface area contributed by atoms with E-state index in [4.69, 9.17) is 25.8 Å². The van der Waals surface area contributed by atoms with E-state index in [2.05, 4.69) is 11.5 Å². The van der Waals surface area contributed by atoms with Gasteiger partial charge in [-0.3, -0.25) is 0 Å². The molecule has 5 rings (SSSR count). The summed E-state index contributed by atoms with van der Waals surface area (Å²) in [7, 11) is 1.39. The third-order valence-electron chi connectivity index (χ3n) is 7.68. The van der Waals surface area contributed by atoms with Crippen LogP contribution in [0.15, 0.2) is 49.1 Å². The molecule has 34 heavy (non-hydrogen) atoms. The van der Waals surface area contributed by atoms with Crippen molar-refractivity contribution in [2.45, 2.75) is 30.8 Å². The number of aliphatic hydroxyl groups is 1. The number of halogens is 1. The van der Waals surface area contributed by atoms with E-state index in [1.807, 2.05) is 30.3 Å². The van der Waals surface area contributed by atoms with Crippen LogP contribution >= 0.6 is 11.6 Å². The highest BCUT2D eigenvalue weighted by Crippen LogP contribution is 2.47. The number of rotatable bonds is 5. The first-order valence-electron chi connectivity index (χ1n) is 11.8. The molecule has 0 amide bonds. The van der Waals surface area contributed by atoms with Gasteiger partial charge in [-0.25, -0.2) is 4.79 Å². The predicted octanol–water partition coefficient (Wildman–Crippen LogP) is 4.62. The maximum atomic E-state index is 12.3. The minimum absolute atomic E-state index is 0.186. The molecule has 3 aliphatic rings. The molecule has 1 unspecified atom stereocenters. The Morgan fingerprint density at radius 2 is 2.15 bits per heavy atom. The number of carbonyl (C=O) groups is 1. The lowest BCUT2D eigenvalue weighted by Gasteiger charge is -2.45. The maximum Gasteiger partial charge on any atom is 0.337 e. The first-order valence-corrected chi connectivity index (χ1v) is 12.2. The number of ether oxygens (including phenoxy) is 3. The van der Waals surface area contributed by atoms with Gasteiger partial charge in [-0.15, -0.1) is 6.58 Å². The highest BCUT2D eigenvalue weighted by atomic mass is 35.5. The van der Waals surface area contributed by atoms with Crippen molar-refractivity contribution in [1.82, 2.24) is 0 Å². The fourth-order valence-corrected chi connectivity index (χ4v) is 5.76. The van der Waals surface area contributed by atoms with E-state index in [1.54, 1.807) is 12.1 Å². The van der Waals surface area contributed by atoms with E-state index in [0.717, 1.165) is 48.6 Å². The van der Waals surface area contributed by atoms with Crippen molar-refractivity contribution < 1.29 is 24.1 Å². The Bertz CT molecular complexity index is 1100. The number of hydrogen-bond donors (Lipinski definition) is 1. The number of esters is 1. The van der Waals surface area contributed by atoms with Crippen LogP contribution in [-0.4, -0.2) is 50.6 Å². The quantitative estimate of drug-likeness (QED) is 0.494. The maximum absolute atomic E-state index is 12.3. The molecule has 2 aliphatic heterocycles. The molecule has 1 spiro atoms. The van der Waals surface area contributed by atoms with Crippen LogP contribution in [0.2, 0.25) is 5.02 Å². The zero-order valence-electron chi connectivity index (χ0n) is 19.3. The number of fused-ring (bicyclic) bond motifs is 3. The lowest BCUT2D eigenvalue weighted by atomic mass is 9.70. The molecule has 1 aliphatic carbocycles. The summed E-state index contributed by atoms with van der Waals surface area (Å²) in [6.45, 7) is 6.31. The molecule has 0 saturated heterocycles. The molecule has 0 bridgehead atoms. The lowest BCUT2D eigenvalue weighted by Crippen LogP contribution is -2.50. The van der Waals surface area contributed by atoms with Gasteiger partial charge in [0.1, 0.15) is 11.5 Å². The second kappa shape index (κ2) is 9.16. The van der Waals surface area contributed by atoms with Gasteiger partial charge < -0.3 is 24.2 Å². The zero-order chi connectivity index (χ0) is 23.9. The topological polar surface area (TPSA) is 68.2 Å². The number of carbonyl (C=O) groups excluding carboxylic acids is 1. The van der Waals surface area contributed by atoms with Crippen LogP contribution in [0, 0.1) is 11.8 Å². The molecule has 4 atom stereocenters. The van der Waals surface area contributed by atoms with Crippen molar-refractivity contribution in [2.24, 2.45) is 11.8 Å². The van der Waals surface area contributed by atoms with E-state index in [1.165, 1.54) is 7.11 Å². The van der Waals surface area contributed by atoms with Crippen LogP contribution in [-0.2, 0) is 10.2 Å². The van der Waals surface area contributed by atoms with Gasteiger partial charge in [-0.2, -0.15) is 0 Å². The molecule has 1 fully saturated rings. The largest absolute Gasteiger partial charge is 0.493 e. The monoisotopic (exact) mass is 483 g/mol. The SMILES string of the molecule is C=C[C@H](O)[C@@H]1CC[C@H]1CN1CC2(CCOc3cc(Cl)ccc32)COc2ccc(C(=O)OC)cc21. The first kappa shape index (κ1) is 23.1. The van der Waals surface area contributed by atoms with Crippen molar-refractivity contribution in [1.29, 1.82) is 0 Å². The standard InChI is InChI=1S/C27H30ClNO5/c1-3-23(30)20-7-4-18(20)14-29-15-27(10-11-33-25-13-19(28)6-8-21(25)27)16-34-24-9-5-17(12-22(24)29)26(31)32-2/h3,5-6,8-9,12-13,18,20,23,30H,1,4,7,10-11,14-16H2,2H3/t18-,20+,23-,27?/m0/s1. The van der Waals surface area contributed by atoms with Crippen molar-refractivity contribution in [3.05, 3.63) is 65.2 Å². The Kier molecular flexibility index (Phi) is 6.21. The molecule has 1 saturated carbocycles. The minimum atomic E-state index is -0.511. The molecule has 1 N–H and O–H groups in total. The van der Waals surface area contributed by atoms with Gasteiger partial charge >= 0.3 is 5.97 Å². The fourth-order valence-electron chi connectivity index (χ4n) is 5.59. The van der Waals surface area contributed by atoms with Gasteiger partial charge in [0, 0.05) is 23.7 Å². The van der Waals surface area contributed by atoms with E-state index in [-0.39, 0.29) is 17.3 Å². The second-order valence-corrected chi connectivity index (χ2v) is 10.0. The number of hydrogen-bond acceptors (Lipinski definition) is 6. The molecule has 2 aromatic carbocycles. The average molecular weight is 484 g/mol. The molecular formula is C27H30ClNO5. The third kappa shape index (κ3) is 4.03. The number of benzene rings is 2. The summed E-state index contributed by atoms with van der Waals surface area (Å²) in [6.07, 6.45) is 3.95. The predicted molar refractivity (Wildman–Crippen MR) is 131 cm³/mol. The Morgan fingerprint density at radius 3 is 2.88 bits per heavy atom. The fraction of sp³-hybridized carbons (Fsp3) is 0.444. The average Bonchev–Trinajstić information content (AvgIpc) is 2.98. The Hall–Kier alpha value is -2.70. The van der Waals surface area contributed by atoms with Gasteiger partial charge in [-0.05, 0) is 61.4 Å². The normalized spacial score (nSPS) is 26.1. The summed E-state index contributed by atoms with van der Waals surface area (Å²) in [5.41, 5.74) is 2.16. The van der Waals surface area contributed by atoms with Crippen LogP contribution in [0.5, 0.6) is 11.5 Å². The van der Waals surface area contributed by atoms with Gasteiger partial charge in [0.05, 0.1) is 43.1 Å². The van der Waals surface area contributed by atoms with Crippen molar-refractivity contribution in [2.75, 3.05) is 38.3 Å². The lowest BCUT2D eigenvalue weighted by molar-refractivity contribution is 0.0458. The summed E-state index contributed by atoms with van der Waals surface area (Å²) in [5.74, 6) is 1.67. The highest BCUT2D eigenvalue weighted by molar-refractivity contribution is 6.30. The summed E-state index contributed by atoms with van der Waals surface area (Å²) >= 11 is 6.26. The van der Waals surface area contributed by atoms with Gasteiger partial charge in [0.15, 0.2) is 0 Å². The summed E-state index contributed by atoms with van der Waals surface area (Å²) in [5, 5.41) is 11.1. The second-order valence-electron chi connectivity index (χ2n) is 9.59. The molecule has 7 heteroatoms. The molecule has 2 heterocycles. The van der Waals surface area contributed by atoms with E-state index in [9.17, 15) is 9.90 Å². The van der Waals surface area contributed by atoms with Gasteiger partial charge in [-0.1, -0.05) is 23.7 Å². The molecular weight excluding hydrogens is 454 g/mol. The molecule has 0 radical (unpaired) electrons. The van der Waals surface area contributed by atoms with Crippen LogP contribution in [0.1, 0.15) is 35.2 Å². The van der Waals surface area contributed by atoms with Gasteiger partial charge in [0.2, 0.25) is 0 Å². The summed E-state index contributed by atoms with van der Waals surface area (Å²) < 4.78 is 17.3. The Balaban J connectivity index is 1.55. The van der Waals surface area contributed by atoms with Crippen molar-refractivity contribution in [3.63, 3.8) is 0 Å². The number of anilines is 1. The van der Waals surface area contributed by atoms with E-state index < -0.39 is 6.10 Å². The number of aliphatic hydroxyl groups excluding tert-OH is 1. The molecule has 2 aromatic rings. The number of nitrogens with zero attached hydrogens (tertiary/aromatic N) is 1. The first-order chi connectivity index (χ1) is 16.4. The van der Waals surface area contributed by atoms with Crippen molar-refractivity contribution in [3.8, 4) is 11.5 Å². The molecule has 180 valence electrons. The van der Waals surface area contributed by atoms with E-state index in [0.29, 0.717) is 36.3 Å². The Labute approximate surface area is 205 Å². The van der Waals surface area contributed by atoms with Crippen LogP contribution in [0.3, 0.4) is 0 Å². The number of methoxy groups -OCH3 is 1. The van der Waals surface area contributed by atoms with Gasteiger partial charge in [0.25, 0.3) is 0 Å². The zero-order valence-corrected chi connectivity index (χ0v) is 20.1. The summed E-state index contributed by atoms with van der Waals surface area (Å²) in [4.78, 5) is 14.6. The Morgan fingerprint density at radius 1 is 1.29 bits per heavy atom. The van der Waals surface area contributed by atoms with E-state index >= 15 is 0 Å². The van der Waals surface area contributed by atoms with Crippen LogP contribution < -0.4 is 14.4 Å². The molecule has 0 aromatic heterocycles. The summed E-state index contributed by atoms with van der Waals surface area (Å²) in [6, 6.07) is 11.3. The van der Waals surface area contributed by atoms with Crippen molar-refractivity contribution >= 4 is 23.3 Å². The van der Waals surface area contributed by atoms with Crippen LogP contribution in [0.25, 0.3) is 0 Å².